The second-order valence-electron chi connectivity index (χ2n) is 6.64. The van der Waals surface area contributed by atoms with Gasteiger partial charge in [0.05, 0.1) is 16.7 Å². The second-order valence-corrected chi connectivity index (χ2v) is 7.49. The molecule has 3 heterocycles. The number of fused-ring (bicyclic) bond motifs is 1. The number of aromatic nitrogens is 4. The Morgan fingerprint density at radius 3 is 2.57 bits per heavy atom. The third-order valence-corrected chi connectivity index (χ3v) is 5.41. The summed E-state index contributed by atoms with van der Waals surface area (Å²) in [5, 5.41) is 10.2. The summed E-state index contributed by atoms with van der Waals surface area (Å²) in [7, 11) is 0. The molecule has 30 heavy (non-hydrogen) atoms. The summed E-state index contributed by atoms with van der Waals surface area (Å²) in [4.78, 5) is 9.45. The first kappa shape index (κ1) is 18.4. The van der Waals surface area contributed by atoms with E-state index in [1.54, 1.807) is 30.5 Å². The topological polar surface area (TPSA) is 58.9 Å². The fourth-order valence-corrected chi connectivity index (χ4v) is 3.84. The lowest BCUT2D eigenvalue weighted by atomic mass is 10.1. The molecule has 0 fully saturated rings. The van der Waals surface area contributed by atoms with Gasteiger partial charge in [0.25, 0.3) is 0 Å². The van der Waals surface area contributed by atoms with Gasteiger partial charge in [-0.2, -0.15) is 5.26 Å². The van der Waals surface area contributed by atoms with Gasteiger partial charge in [0.1, 0.15) is 17.0 Å². The van der Waals surface area contributed by atoms with E-state index in [0.717, 1.165) is 22.6 Å². The van der Waals surface area contributed by atoms with Crippen molar-refractivity contribution in [3.8, 4) is 34.5 Å². The highest BCUT2D eigenvalue weighted by Gasteiger charge is 2.22. The van der Waals surface area contributed by atoms with Crippen LogP contribution in [0.3, 0.4) is 0 Å². The van der Waals surface area contributed by atoms with Crippen LogP contribution in [0.2, 0.25) is 10.0 Å². The molecule has 7 heteroatoms. The SMILES string of the molecule is N#Cc1ccc(-n2ccnc2-c2c(-c3cc(Cl)ccc3Cl)nc3ccccn23)cc1. The zero-order chi connectivity index (χ0) is 20.7. The van der Waals surface area contributed by atoms with Crippen molar-refractivity contribution >= 4 is 28.8 Å². The van der Waals surface area contributed by atoms with E-state index in [4.69, 9.17) is 33.4 Å². The number of nitriles is 1. The van der Waals surface area contributed by atoms with Crippen LogP contribution in [0.1, 0.15) is 5.56 Å². The molecule has 0 radical (unpaired) electrons. The van der Waals surface area contributed by atoms with Crippen LogP contribution in [0.15, 0.2) is 79.3 Å². The predicted octanol–water partition coefficient (Wildman–Crippen LogP) is 6.03. The van der Waals surface area contributed by atoms with Crippen LogP contribution in [-0.4, -0.2) is 18.9 Å². The molecule has 0 unspecified atom stereocenters. The largest absolute Gasteiger partial charge is 0.298 e. The van der Waals surface area contributed by atoms with Crippen LogP contribution < -0.4 is 0 Å². The highest BCUT2D eigenvalue weighted by Crippen LogP contribution is 2.37. The molecule has 0 spiro atoms. The maximum absolute atomic E-state index is 9.09. The van der Waals surface area contributed by atoms with E-state index in [2.05, 4.69) is 11.1 Å². The van der Waals surface area contributed by atoms with Crippen molar-refractivity contribution in [2.24, 2.45) is 0 Å². The van der Waals surface area contributed by atoms with Gasteiger partial charge in [-0.3, -0.25) is 8.97 Å². The minimum Gasteiger partial charge on any atom is -0.298 e. The highest BCUT2D eigenvalue weighted by molar-refractivity contribution is 6.35. The molecule has 0 amide bonds. The van der Waals surface area contributed by atoms with E-state index in [1.165, 1.54) is 0 Å². The Balaban J connectivity index is 1.79. The number of hydrogen-bond donors (Lipinski definition) is 0. The fourth-order valence-electron chi connectivity index (χ4n) is 3.46. The van der Waals surface area contributed by atoms with Crippen molar-refractivity contribution in [1.82, 2.24) is 18.9 Å². The van der Waals surface area contributed by atoms with Gasteiger partial charge in [0.15, 0.2) is 5.82 Å². The lowest BCUT2D eigenvalue weighted by Crippen LogP contribution is -2.00. The van der Waals surface area contributed by atoms with Gasteiger partial charge in [0, 0.05) is 34.9 Å². The Hall–Kier alpha value is -3.59. The van der Waals surface area contributed by atoms with Crippen molar-refractivity contribution in [1.29, 1.82) is 5.26 Å². The van der Waals surface area contributed by atoms with Crippen LogP contribution >= 0.6 is 23.2 Å². The maximum Gasteiger partial charge on any atom is 0.163 e. The average Bonchev–Trinajstić information content (AvgIpc) is 3.39. The molecule has 0 aliphatic rings. The maximum atomic E-state index is 9.09. The molecule has 2 aromatic carbocycles. The normalized spacial score (nSPS) is 11.0. The number of nitrogens with zero attached hydrogens (tertiary/aromatic N) is 5. The lowest BCUT2D eigenvalue weighted by molar-refractivity contribution is 1.04. The molecular weight excluding hydrogens is 417 g/mol. The lowest BCUT2D eigenvalue weighted by Gasteiger charge is -2.11. The fraction of sp³-hybridized carbons (Fsp3) is 0. The van der Waals surface area contributed by atoms with Gasteiger partial charge in [-0.15, -0.1) is 0 Å². The number of hydrogen-bond acceptors (Lipinski definition) is 3. The van der Waals surface area contributed by atoms with Crippen molar-refractivity contribution in [2.75, 3.05) is 0 Å². The number of benzene rings is 2. The minimum absolute atomic E-state index is 0.556. The Morgan fingerprint density at radius 2 is 1.77 bits per heavy atom. The van der Waals surface area contributed by atoms with E-state index < -0.39 is 0 Å². The summed E-state index contributed by atoms with van der Waals surface area (Å²) in [6, 6.07) is 20.6. The summed E-state index contributed by atoms with van der Waals surface area (Å²) < 4.78 is 3.94. The first-order valence-corrected chi connectivity index (χ1v) is 9.88. The van der Waals surface area contributed by atoms with E-state index >= 15 is 0 Å². The Labute approximate surface area is 182 Å². The summed E-state index contributed by atoms with van der Waals surface area (Å²) >= 11 is 12.8. The van der Waals surface area contributed by atoms with Crippen LogP contribution in [-0.2, 0) is 0 Å². The monoisotopic (exact) mass is 429 g/mol. The van der Waals surface area contributed by atoms with Gasteiger partial charge >= 0.3 is 0 Å². The Kier molecular flexibility index (Phi) is 4.51. The highest BCUT2D eigenvalue weighted by atomic mass is 35.5. The van der Waals surface area contributed by atoms with E-state index in [-0.39, 0.29) is 0 Å². The van der Waals surface area contributed by atoms with Gasteiger partial charge in [-0.05, 0) is 54.6 Å². The quantitative estimate of drug-likeness (QED) is 0.351. The Bertz CT molecular complexity index is 1420. The van der Waals surface area contributed by atoms with E-state index in [1.807, 2.05) is 57.8 Å². The predicted molar refractivity (Wildman–Crippen MR) is 118 cm³/mol. The molecule has 5 rings (SSSR count). The molecular formula is C23H13Cl2N5. The standard InChI is InChI=1S/C23H13Cl2N5/c24-16-6-9-19(25)18(13-16)21-22(30-11-2-1-3-20(30)28-21)23-27-10-12-29(23)17-7-4-15(14-26)5-8-17/h1-13H. The summed E-state index contributed by atoms with van der Waals surface area (Å²) in [5.41, 5.74) is 4.47. The molecule has 0 atom stereocenters. The third kappa shape index (κ3) is 3.03. The molecule has 3 aromatic heterocycles. The summed E-state index contributed by atoms with van der Waals surface area (Å²) in [5.74, 6) is 0.699. The van der Waals surface area contributed by atoms with Gasteiger partial charge in [-0.1, -0.05) is 29.3 Å². The molecule has 0 aliphatic heterocycles. The molecule has 144 valence electrons. The van der Waals surface area contributed by atoms with Crippen LogP contribution in [0, 0.1) is 11.3 Å². The summed E-state index contributed by atoms with van der Waals surface area (Å²) in [6.07, 6.45) is 5.55. The van der Waals surface area contributed by atoms with Crippen molar-refractivity contribution in [3.05, 3.63) is 94.9 Å². The zero-order valence-corrected chi connectivity index (χ0v) is 17.0. The molecule has 0 bridgehead atoms. The van der Waals surface area contributed by atoms with Gasteiger partial charge in [-0.25, -0.2) is 9.97 Å². The summed E-state index contributed by atoms with van der Waals surface area (Å²) in [6.45, 7) is 0. The Morgan fingerprint density at radius 1 is 0.933 bits per heavy atom. The molecule has 5 aromatic rings. The molecule has 0 N–H and O–H groups in total. The van der Waals surface area contributed by atoms with E-state index in [0.29, 0.717) is 27.1 Å². The molecule has 5 nitrogen and oxygen atoms in total. The van der Waals surface area contributed by atoms with Gasteiger partial charge in [0.2, 0.25) is 0 Å². The van der Waals surface area contributed by atoms with Crippen molar-refractivity contribution in [2.45, 2.75) is 0 Å². The molecule has 0 saturated heterocycles. The number of rotatable bonds is 3. The number of pyridine rings is 1. The number of imidazole rings is 2. The second kappa shape index (κ2) is 7.34. The van der Waals surface area contributed by atoms with Gasteiger partial charge < -0.3 is 0 Å². The van der Waals surface area contributed by atoms with Crippen molar-refractivity contribution < 1.29 is 0 Å². The zero-order valence-electron chi connectivity index (χ0n) is 15.5. The number of halogens is 2. The average molecular weight is 430 g/mol. The van der Waals surface area contributed by atoms with E-state index in [9.17, 15) is 0 Å². The van der Waals surface area contributed by atoms with Crippen molar-refractivity contribution in [3.63, 3.8) is 0 Å². The van der Waals surface area contributed by atoms with Crippen LogP contribution in [0.5, 0.6) is 0 Å². The van der Waals surface area contributed by atoms with Crippen LogP contribution in [0.4, 0.5) is 0 Å². The molecule has 0 aliphatic carbocycles. The smallest absolute Gasteiger partial charge is 0.163 e. The third-order valence-electron chi connectivity index (χ3n) is 4.84. The first-order chi connectivity index (χ1) is 14.7. The first-order valence-electron chi connectivity index (χ1n) is 9.12. The molecule has 0 saturated carbocycles. The van der Waals surface area contributed by atoms with Crippen LogP contribution in [0.25, 0.3) is 34.1 Å². The minimum atomic E-state index is 0.556.